The smallest absolute Gasteiger partial charge is 0.0899 e. The van der Waals surface area contributed by atoms with Gasteiger partial charge >= 0.3 is 0 Å². The van der Waals surface area contributed by atoms with E-state index >= 15 is 0 Å². The molecule has 0 amide bonds. The molecule has 0 aliphatic rings. The van der Waals surface area contributed by atoms with Crippen LogP contribution in [-0.2, 0) is 4.74 Å². The van der Waals surface area contributed by atoms with Gasteiger partial charge < -0.3 is 20.1 Å². The van der Waals surface area contributed by atoms with Gasteiger partial charge in [-0.1, -0.05) is 27.7 Å². The van der Waals surface area contributed by atoms with Crippen molar-refractivity contribution in [1.82, 2.24) is 10.2 Å². The number of rotatable bonds is 10. The van der Waals surface area contributed by atoms with E-state index in [0.717, 1.165) is 19.6 Å². The molecule has 0 aromatic heterocycles. The fourth-order valence-electron chi connectivity index (χ4n) is 2.16. The van der Waals surface area contributed by atoms with Crippen LogP contribution in [-0.4, -0.2) is 63.1 Å². The molecule has 18 heavy (non-hydrogen) atoms. The summed E-state index contributed by atoms with van der Waals surface area (Å²) in [6.45, 7) is 13.0. The second kappa shape index (κ2) is 8.86. The average Bonchev–Trinajstić information content (AvgIpc) is 2.14. The molecule has 0 saturated heterocycles. The molecule has 110 valence electrons. The van der Waals surface area contributed by atoms with Gasteiger partial charge in [0.15, 0.2) is 0 Å². The van der Waals surface area contributed by atoms with Gasteiger partial charge in [-0.2, -0.15) is 0 Å². The SMILES string of the molecule is COCC(O)CN(C)CC(C)(C)CNCC(C)C. The predicted molar refractivity (Wildman–Crippen MR) is 76.9 cm³/mol. The third kappa shape index (κ3) is 9.83. The van der Waals surface area contributed by atoms with Crippen LogP contribution in [0.4, 0.5) is 0 Å². The van der Waals surface area contributed by atoms with Crippen molar-refractivity contribution in [2.75, 3.05) is 46.9 Å². The van der Waals surface area contributed by atoms with E-state index in [1.165, 1.54) is 0 Å². The standard InChI is InChI=1S/C14H32N2O2/c1-12(2)7-15-10-14(3,4)11-16(5)8-13(17)9-18-6/h12-13,15,17H,7-11H2,1-6H3. The van der Waals surface area contributed by atoms with Crippen LogP contribution in [0.3, 0.4) is 0 Å². The predicted octanol–water partition coefficient (Wildman–Crippen LogP) is 1.20. The van der Waals surface area contributed by atoms with Crippen LogP contribution in [0.15, 0.2) is 0 Å². The normalized spacial score (nSPS) is 14.5. The molecule has 0 aliphatic heterocycles. The minimum absolute atomic E-state index is 0.205. The first kappa shape index (κ1) is 17.8. The highest BCUT2D eigenvalue weighted by Crippen LogP contribution is 2.15. The molecule has 0 spiro atoms. The van der Waals surface area contributed by atoms with E-state index in [-0.39, 0.29) is 5.41 Å². The van der Waals surface area contributed by atoms with Crippen molar-refractivity contribution in [3.8, 4) is 0 Å². The van der Waals surface area contributed by atoms with Crippen molar-refractivity contribution in [3.05, 3.63) is 0 Å². The van der Waals surface area contributed by atoms with Crippen LogP contribution in [0.5, 0.6) is 0 Å². The highest BCUT2D eigenvalue weighted by molar-refractivity contribution is 4.76. The first-order valence-corrected chi connectivity index (χ1v) is 6.83. The number of aliphatic hydroxyl groups is 1. The fourth-order valence-corrected chi connectivity index (χ4v) is 2.16. The Labute approximate surface area is 113 Å². The van der Waals surface area contributed by atoms with E-state index in [0.29, 0.717) is 19.1 Å². The first-order chi connectivity index (χ1) is 8.26. The van der Waals surface area contributed by atoms with Crippen LogP contribution in [0.2, 0.25) is 0 Å². The van der Waals surface area contributed by atoms with Crippen molar-refractivity contribution in [2.45, 2.75) is 33.8 Å². The summed E-state index contributed by atoms with van der Waals surface area (Å²) >= 11 is 0. The summed E-state index contributed by atoms with van der Waals surface area (Å²) in [6.07, 6.45) is -0.403. The number of methoxy groups -OCH3 is 1. The number of hydrogen-bond acceptors (Lipinski definition) is 4. The lowest BCUT2D eigenvalue weighted by atomic mass is 9.92. The molecule has 4 nitrogen and oxygen atoms in total. The van der Waals surface area contributed by atoms with Crippen LogP contribution in [0.1, 0.15) is 27.7 Å². The maximum atomic E-state index is 9.68. The Balaban J connectivity index is 3.91. The van der Waals surface area contributed by atoms with Crippen LogP contribution in [0.25, 0.3) is 0 Å². The Bertz CT molecular complexity index is 208. The lowest BCUT2D eigenvalue weighted by Crippen LogP contribution is -2.42. The number of nitrogens with one attached hydrogen (secondary N) is 1. The van der Waals surface area contributed by atoms with Crippen molar-refractivity contribution in [2.24, 2.45) is 11.3 Å². The topological polar surface area (TPSA) is 44.7 Å². The molecule has 0 bridgehead atoms. The van der Waals surface area contributed by atoms with Crippen molar-refractivity contribution in [3.63, 3.8) is 0 Å². The number of hydrogen-bond donors (Lipinski definition) is 2. The van der Waals surface area contributed by atoms with Gasteiger partial charge in [0.25, 0.3) is 0 Å². The molecule has 0 fully saturated rings. The van der Waals surface area contributed by atoms with Gasteiger partial charge in [0.2, 0.25) is 0 Å². The molecule has 0 radical (unpaired) electrons. The number of aliphatic hydroxyl groups excluding tert-OH is 1. The summed E-state index contributed by atoms with van der Waals surface area (Å²) in [5.41, 5.74) is 0.205. The molecule has 1 atom stereocenters. The fraction of sp³-hybridized carbons (Fsp3) is 1.00. The Morgan fingerprint density at radius 2 is 1.94 bits per heavy atom. The average molecular weight is 260 g/mol. The number of likely N-dealkylation sites (N-methyl/N-ethyl adjacent to an activating group) is 1. The zero-order valence-electron chi connectivity index (χ0n) is 13.0. The van der Waals surface area contributed by atoms with E-state index in [9.17, 15) is 5.11 Å². The quantitative estimate of drug-likeness (QED) is 0.619. The Morgan fingerprint density at radius 1 is 1.33 bits per heavy atom. The van der Waals surface area contributed by atoms with Crippen molar-refractivity contribution >= 4 is 0 Å². The van der Waals surface area contributed by atoms with Gasteiger partial charge in [-0.05, 0) is 24.9 Å². The second-order valence-corrected chi connectivity index (χ2v) is 6.49. The van der Waals surface area contributed by atoms with Gasteiger partial charge in [0.1, 0.15) is 0 Å². The minimum Gasteiger partial charge on any atom is -0.389 e. The first-order valence-electron chi connectivity index (χ1n) is 6.83. The van der Waals surface area contributed by atoms with Crippen molar-refractivity contribution in [1.29, 1.82) is 0 Å². The molecule has 0 heterocycles. The Morgan fingerprint density at radius 3 is 2.44 bits per heavy atom. The van der Waals surface area contributed by atoms with Gasteiger partial charge in [-0.15, -0.1) is 0 Å². The number of nitrogens with zero attached hydrogens (tertiary/aromatic N) is 1. The summed E-state index contributed by atoms with van der Waals surface area (Å²) < 4.78 is 4.94. The Kier molecular flexibility index (Phi) is 8.78. The number of ether oxygens (including phenoxy) is 1. The molecule has 2 N–H and O–H groups in total. The molecule has 0 aromatic rings. The van der Waals surface area contributed by atoms with E-state index in [4.69, 9.17) is 4.74 Å². The van der Waals surface area contributed by atoms with Gasteiger partial charge in [0.05, 0.1) is 12.7 Å². The minimum atomic E-state index is -0.403. The van der Waals surface area contributed by atoms with Gasteiger partial charge in [0, 0.05) is 26.7 Å². The van der Waals surface area contributed by atoms with E-state index in [1.54, 1.807) is 7.11 Å². The lowest BCUT2D eigenvalue weighted by molar-refractivity contribution is 0.0360. The summed E-state index contributed by atoms with van der Waals surface area (Å²) in [6, 6.07) is 0. The molecule has 0 saturated carbocycles. The van der Waals surface area contributed by atoms with E-state index < -0.39 is 6.10 Å². The van der Waals surface area contributed by atoms with Gasteiger partial charge in [-0.3, -0.25) is 0 Å². The molecule has 0 aliphatic carbocycles. The maximum Gasteiger partial charge on any atom is 0.0899 e. The highest BCUT2D eigenvalue weighted by atomic mass is 16.5. The summed E-state index contributed by atoms with van der Waals surface area (Å²) in [4.78, 5) is 2.17. The Hall–Kier alpha value is -0.160. The molecule has 0 aromatic carbocycles. The van der Waals surface area contributed by atoms with E-state index in [2.05, 4.69) is 37.9 Å². The summed E-state index contributed by atoms with van der Waals surface area (Å²) in [7, 11) is 3.66. The van der Waals surface area contributed by atoms with Gasteiger partial charge in [-0.25, -0.2) is 0 Å². The molecule has 4 heteroatoms. The lowest BCUT2D eigenvalue weighted by Gasteiger charge is -2.31. The highest BCUT2D eigenvalue weighted by Gasteiger charge is 2.21. The van der Waals surface area contributed by atoms with Crippen molar-refractivity contribution < 1.29 is 9.84 Å². The third-order valence-electron chi connectivity index (χ3n) is 2.74. The zero-order chi connectivity index (χ0) is 14.2. The summed E-state index contributed by atoms with van der Waals surface area (Å²) in [5, 5.41) is 13.2. The zero-order valence-corrected chi connectivity index (χ0v) is 13.0. The molecular formula is C14H32N2O2. The van der Waals surface area contributed by atoms with Crippen LogP contribution >= 0.6 is 0 Å². The van der Waals surface area contributed by atoms with E-state index in [1.807, 2.05) is 7.05 Å². The van der Waals surface area contributed by atoms with Crippen LogP contribution < -0.4 is 5.32 Å². The molecule has 0 rings (SSSR count). The molecular weight excluding hydrogens is 228 g/mol. The summed E-state index contributed by atoms with van der Waals surface area (Å²) in [5.74, 6) is 0.682. The second-order valence-electron chi connectivity index (χ2n) is 6.49. The molecule has 1 unspecified atom stereocenters. The maximum absolute atomic E-state index is 9.68. The monoisotopic (exact) mass is 260 g/mol. The third-order valence-corrected chi connectivity index (χ3v) is 2.74. The largest absolute Gasteiger partial charge is 0.389 e. The van der Waals surface area contributed by atoms with Crippen LogP contribution in [0, 0.1) is 11.3 Å².